The van der Waals surface area contributed by atoms with Gasteiger partial charge in [-0.1, -0.05) is 24.4 Å². The lowest BCUT2D eigenvalue weighted by molar-refractivity contribution is 0.0558. The van der Waals surface area contributed by atoms with Gasteiger partial charge in [0, 0.05) is 19.8 Å². The van der Waals surface area contributed by atoms with E-state index in [1.807, 2.05) is 0 Å². The second-order valence-electron chi connectivity index (χ2n) is 5.12. The Morgan fingerprint density at radius 2 is 2.16 bits per heavy atom. The van der Waals surface area contributed by atoms with Crippen molar-refractivity contribution in [1.29, 1.82) is 0 Å². The first kappa shape index (κ1) is 14.1. The molecule has 0 radical (unpaired) electrons. The zero-order chi connectivity index (χ0) is 14.0. The van der Waals surface area contributed by atoms with Gasteiger partial charge < -0.3 is 15.1 Å². The molecule has 2 N–H and O–H groups in total. The van der Waals surface area contributed by atoms with Crippen LogP contribution >= 0.6 is 11.6 Å². The Morgan fingerprint density at radius 1 is 1.53 bits per heavy atom. The maximum absolute atomic E-state index is 11.0. The van der Waals surface area contributed by atoms with Crippen molar-refractivity contribution in [3.8, 4) is 0 Å². The first-order valence-electron chi connectivity index (χ1n) is 6.24. The number of anilines is 1. The number of aromatic nitrogens is 1. The van der Waals surface area contributed by atoms with E-state index in [1.165, 1.54) is 12.3 Å². The molecule has 0 unspecified atom stereocenters. The number of carboxylic acid groups (broad SMARTS) is 1. The third-order valence-corrected chi connectivity index (χ3v) is 3.83. The maximum atomic E-state index is 11.0. The molecule has 0 aromatic carbocycles. The van der Waals surface area contributed by atoms with Crippen LogP contribution in [0.4, 0.5) is 5.82 Å². The van der Waals surface area contributed by atoms with Crippen LogP contribution in [0.3, 0.4) is 0 Å². The molecule has 0 saturated heterocycles. The highest BCUT2D eigenvalue weighted by Gasteiger charge is 2.32. The topological polar surface area (TPSA) is 73.7 Å². The standard InChI is InChI=1S/C13H17ClN2O3/c1-16(8-13(19)4-2-3-5-13)11-6-9(12(17)18)10(14)7-15-11/h6-7,19H,2-5,8H2,1H3,(H,17,18). The van der Waals surface area contributed by atoms with Crippen molar-refractivity contribution in [3.63, 3.8) is 0 Å². The fraction of sp³-hybridized carbons (Fsp3) is 0.538. The number of likely N-dealkylation sites (N-methyl/N-ethyl adjacent to an activating group) is 1. The molecule has 1 aromatic rings. The molecule has 19 heavy (non-hydrogen) atoms. The van der Waals surface area contributed by atoms with Crippen LogP contribution in [-0.4, -0.2) is 40.4 Å². The molecule has 0 amide bonds. The number of rotatable bonds is 4. The molecular weight excluding hydrogens is 268 g/mol. The van der Waals surface area contributed by atoms with Crippen LogP contribution in [-0.2, 0) is 0 Å². The summed E-state index contributed by atoms with van der Waals surface area (Å²) >= 11 is 5.78. The molecule has 1 aliphatic carbocycles. The summed E-state index contributed by atoms with van der Waals surface area (Å²) < 4.78 is 0. The molecular formula is C13H17ClN2O3. The largest absolute Gasteiger partial charge is 0.478 e. The molecule has 1 heterocycles. The molecule has 0 spiro atoms. The van der Waals surface area contributed by atoms with E-state index in [1.54, 1.807) is 11.9 Å². The fourth-order valence-corrected chi connectivity index (χ4v) is 2.70. The van der Waals surface area contributed by atoms with Crippen LogP contribution in [0.2, 0.25) is 5.02 Å². The first-order chi connectivity index (χ1) is 8.91. The van der Waals surface area contributed by atoms with Crippen molar-refractivity contribution in [2.45, 2.75) is 31.3 Å². The zero-order valence-corrected chi connectivity index (χ0v) is 11.5. The minimum absolute atomic E-state index is 0.0249. The first-order valence-corrected chi connectivity index (χ1v) is 6.61. The van der Waals surface area contributed by atoms with E-state index < -0.39 is 11.6 Å². The molecule has 104 valence electrons. The predicted molar refractivity (Wildman–Crippen MR) is 72.9 cm³/mol. The third-order valence-electron chi connectivity index (χ3n) is 3.53. The zero-order valence-electron chi connectivity index (χ0n) is 10.8. The Labute approximate surface area is 116 Å². The van der Waals surface area contributed by atoms with E-state index in [9.17, 15) is 9.90 Å². The van der Waals surface area contributed by atoms with Gasteiger partial charge >= 0.3 is 5.97 Å². The molecule has 1 aromatic heterocycles. The number of carboxylic acids is 1. The van der Waals surface area contributed by atoms with E-state index >= 15 is 0 Å². The predicted octanol–water partition coefficient (Wildman–Crippen LogP) is 2.17. The van der Waals surface area contributed by atoms with Gasteiger partial charge in [-0.15, -0.1) is 0 Å². The minimum Gasteiger partial charge on any atom is -0.478 e. The van der Waals surface area contributed by atoms with Gasteiger partial charge in [0.05, 0.1) is 16.2 Å². The Hall–Kier alpha value is -1.33. The number of hydrogen-bond donors (Lipinski definition) is 2. The van der Waals surface area contributed by atoms with Crippen LogP contribution < -0.4 is 4.90 Å². The lowest BCUT2D eigenvalue weighted by Crippen LogP contribution is -2.39. The van der Waals surface area contributed by atoms with Gasteiger partial charge in [-0.2, -0.15) is 0 Å². The summed E-state index contributed by atoms with van der Waals surface area (Å²) in [7, 11) is 1.79. The number of nitrogens with zero attached hydrogens (tertiary/aromatic N) is 2. The highest BCUT2D eigenvalue weighted by atomic mass is 35.5. The van der Waals surface area contributed by atoms with E-state index in [2.05, 4.69) is 4.98 Å². The quantitative estimate of drug-likeness (QED) is 0.886. The smallest absolute Gasteiger partial charge is 0.337 e. The Balaban J connectivity index is 2.17. The second-order valence-corrected chi connectivity index (χ2v) is 5.52. The van der Waals surface area contributed by atoms with Crippen LogP contribution in [0.15, 0.2) is 12.3 Å². The van der Waals surface area contributed by atoms with Crippen molar-refractivity contribution < 1.29 is 15.0 Å². The van der Waals surface area contributed by atoms with Crippen molar-refractivity contribution in [2.24, 2.45) is 0 Å². The summed E-state index contributed by atoms with van der Waals surface area (Å²) in [5.41, 5.74) is -0.670. The molecule has 1 aliphatic rings. The van der Waals surface area contributed by atoms with E-state index in [0.717, 1.165) is 25.7 Å². The van der Waals surface area contributed by atoms with Crippen LogP contribution in [0, 0.1) is 0 Å². The average Bonchev–Trinajstić information content (AvgIpc) is 2.75. The number of aromatic carboxylic acids is 1. The summed E-state index contributed by atoms with van der Waals surface area (Å²) in [5, 5.41) is 19.5. The molecule has 0 bridgehead atoms. The Kier molecular flexibility index (Phi) is 3.96. The average molecular weight is 285 g/mol. The molecule has 0 aliphatic heterocycles. The van der Waals surface area contributed by atoms with Gasteiger partial charge in [0.15, 0.2) is 0 Å². The lowest BCUT2D eigenvalue weighted by Gasteiger charge is -2.29. The highest BCUT2D eigenvalue weighted by Crippen LogP contribution is 2.31. The molecule has 0 atom stereocenters. The Bertz CT molecular complexity index is 487. The van der Waals surface area contributed by atoms with Gasteiger partial charge in [-0.3, -0.25) is 0 Å². The van der Waals surface area contributed by atoms with Crippen molar-refractivity contribution >= 4 is 23.4 Å². The minimum atomic E-state index is -1.08. The van der Waals surface area contributed by atoms with Crippen LogP contribution in [0.5, 0.6) is 0 Å². The third kappa shape index (κ3) is 3.16. The van der Waals surface area contributed by atoms with Gasteiger partial charge in [-0.05, 0) is 18.9 Å². The summed E-state index contributed by atoms with van der Waals surface area (Å²) in [6, 6.07) is 1.43. The van der Waals surface area contributed by atoms with Gasteiger partial charge in [0.1, 0.15) is 5.82 Å². The molecule has 6 heteroatoms. The summed E-state index contributed by atoms with van der Waals surface area (Å²) in [6.45, 7) is 0.445. The van der Waals surface area contributed by atoms with E-state index in [4.69, 9.17) is 16.7 Å². The molecule has 1 saturated carbocycles. The van der Waals surface area contributed by atoms with Crippen molar-refractivity contribution in [1.82, 2.24) is 4.98 Å². The normalized spacial score (nSPS) is 17.4. The monoisotopic (exact) mass is 284 g/mol. The highest BCUT2D eigenvalue weighted by molar-refractivity contribution is 6.33. The lowest BCUT2D eigenvalue weighted by atomic mass is 10.0. The maximum Gasteiger partial charge on any atom is 0.337 e. The number of hydrogen-bond acceptors (Lipinski definition) is 4. The SMILES string of the molecule is CN(CC1(O)CCCC1)c1cc(C(=O)O)c(Cl)cn1. The number of pyridine rings is 1. The number of aliphatic hydroxyl groups is 1. The second kappa shape index (κ2) is 5.35. The van der Waals surface area contributed by atoms with Gasteiger partial charge in [-0.25, -0.2) is 9.78 Å². The van der Waals surface area contributed by atoms with E-state index in [-0.39, 0.29) is 10.6 Å². The molecule has 1 fully saturated rings. The van der Waals surface area contributed by atoms with Gasteiger partial charge in [0.2, 0.25) is 0 Å². The summed E-state index contributed by atoms with van der Waals surface area (Å²) in [6.07, 6.45) is 4.93. The van der Waals surface area contributed by atoms with Crippen LogP contribution in [0.25, 0.3) is 0 Å². The Morgan fingerprint density at radius 3 is 2.74 bits per heavy atom. The van der Waals surface area contributed by atoms with Crippen LogP contribution in [0.1, 0.15) is 36.0 Å². The fourth-order valence-electron chi connectivity index (χ4n) is 2.51. The molecule has 5 nitrogen and oxygen atoms in total. The van der Waals surface area contributed by atoms with Crippen molar-refractivity contribution in [3.05, 3.63) is 22.8 Å². The molecule has 2 rings (SSSR count). The van der Waals surface area contributed by atoms with Crippen molar-refractivity contribution in [2.75, 3.05) is 18.5 Å². The van der Waals surface area contributed by atoms with E-state index in [0.29, 0.717) is 12.4 Å². The van der Waals surface area contributed by atoms with Gasteiger partial charge in [0.25, 0.3) is 0 Å². The number of halogens is 1. The summed E-state index contributed by atoms with van der Waals surface area (Å²) in [4.78, 5) is 16.9. The number of carbonyl (C=O) groups is 1. The summed E-state index contributed by atoms with van der Waals surface area (Å²) in [5.74, 6) is -0.580.